The lowest BCUT2D eigenvalue weighted by Gasteiger charge is -2.28. The molecule has 4 nitrogen and oxygen atoms in total. The molecule has 36 heavy (non-hydrogen) atoms. The van der Waals surface area contributed by atoms with Gasteiger partial charge >= 0.3 is 0 Å². The summed E-state index contributed by atoms with van der Waals surface area (Å²) in [6, 6.07) is 23.2. The molecule has 3 aromatic rings. The summed E-state index contributed by atoms with van der Waals surface area (Å²) in [5.41, 5.74) is 3.97. The third kappa shape index (κ3) is 8.98. The maximum Gasteiger partial charge on any atom is 0.237 e. The van der Waals surface area contributed by atoms with Gasteiger partial charge in [-0.1, -0.05) is 95.1 Å². The zero-order valence-corrected chi connectivity index (χ0v) is 22.9. The number of rotatable bonds is 13. The van der Waals surface area contributed by atoms with Crippen LogP contribution in [0.5, 0.6) is 0 Å². The molecule has 0 saturated carbocycles. The van der Waals surface area contributed by atoms with Gasteiger partial charge in [0.2, 0.25) is 5.91 Å². The van der Waals surface area contributed by atoms with Crippen LogP contribution in [0.2, 0.25) is 0 Å². The van der Waals surface area contributed by atoms with E-state index in [0.29, 0.717) is 19.6 Å². The summed E-state index contributed by atoms with van der Waals surface area (Å²) in [6.07, 6.45) is 4.28. The monoisotopic (exact) mass is 488 g/mol. The van der Waals surface area contributed by atoms with Crippen molar-refractivity contribution in [2.75, 3.05) is 19.6 Å². The number of carbonyl (C=O) groups is 1. The van der Waals surface area contributed by atoms with E-state index in [1.807, 2.05) is 30.0 Å². The summed E-state index contributed by atoms with van der Waals surface area (Å²) in [6.45, 7) is 14.2. The van der Waals surface area contributed by atoms with Crippen molar-refractivity contribution in [3.05, 3.63) is 94.9 Å². The fraction of sp³-hybridized carbons (Fsp3) is 0.469. The molecule has 1 amide bonds. The molecule has 0 atom stereocenters. The van der Waals surface area contributed by atoms with E-state index in [0.717, 1.165) is 37.5 Å². The summed E-state index contributed by atoms with van der Waals surface area (Å²) < 4.78 is 5.83. The van der Waals surface area contributed by atoms with Crippen molar-refractivity contribution in [2.24, 2.45) is 0 Å². The second kappa shape index (κ2) is 13.5. The fourth-order valence-electron chi connectivity index (χ4n) is 4.42. The fourth-order valence-corrected chi connectivity index (χ4v) is 4.42. The molecule has 4 heteroatoms. The molecule has 0 fully saturated rings. The van der Waals surface area contributed by atoms with Crippen LogP contribution in [-0.2, 0) is 29.7 Å². The average molecular weight is 489 g/mol. The Morgan fingerprint density at radius 3 is 2.17 bits per heavy atom. The van der Waals surface area contributed by atoms with Crippen LogP contribution in [0.3, 0.4) is 0 Å². The third-order valence-corrected chi connectivity index (χ3v) is 6.67. The first-order chi connectivity index (χ1) is 17.2. The van der Waals surface area contributed by atoms with Gasteiger partial charge in [-0.3, -0.25) is 9.69 Å². The second-order valence-electron chi connectivity index (χ2n) is 10.9. The van der Waals surface area contributed by atoms with E-state index in [1.165, 1.54) is 29.5 Å². The van der Waals surface area contributed by atoms with Gasteiger partial charge in [-0.05, 0) is 60.5 Å². The Hall–Kier alpha value is -2.85. The van der Waals surface area contributed by atoms with E-state index in [1.54, 1.807) is 0 Å². The first kappa shape index (κ1) is 27.7. The van der Waals surface area contributed by atoms with E-state index in [9.17, 15) is 4.79 Å². The van der Waals surface area contributed by atoms with Crippen LogP contribution in [0.4, 0.5) is 0 Å². The number of unbranched alkanes of at least 4 members (excludes halogenated alkanes) is 2. The normalized spacial score (nSPS) is 11.7. The first-order valence-electron chi connectivity index (χ1n) is 13.4. The van der Waals surface area contributed by atoms with Crippen LogP contribution < -0.4 is 0 Å². The lowest BCUT2D eigenvalue weighted by atomic mass is 9.87. The quantitative estimate of drug-likeness (QED) is 0.240. The number of aryl methyl sites for hydroxylation is 1. The van der Waals surface area contributed by atoms with Crippen LogP contribution in [0.1, 0.15) is 75.2 Å². The average Bonchev–Trinajstić information content (AvgIpc) is 3.26. The van der Waals surface area contributed by atoms with Gasteiger partial charge in [0.05, 0.1) is 13.1 Å². The lowest BCUT2D eigenvalue weighted by Crippen LogP contribution is -2.41. The highest BCUT2D eigenvalue weighted by Crippen LogP contribution is 2.22. The third-order valence-electron chi connectivity index (χ3n) is 6.67. The van der Waals surface area contributed by atoms with E-state index in [-0.39, 0.29) is 11.3 Å². The van der Waals surface area contributed by atoms with Crippen LogP contribution in [-0.4, -0.2) is 35.3 Å². The predicted molar refractivity (Wildman–Crippen MR) is 149 cm³/mol. The minimum atomic E-state index is 0.138. The van der Waals surface area contributed by atoms with Gasteiger partial charge in [-0.2, -0.15) is 0 Å². The Bertz CT molecular complexity index is 1050. The first-order valence-corrected chi connectivity index (χ1v) is 13.4. The number of carbonyl (C=O) groups excluding carboxylic acids is 1. The van der Waals surface area contributed by atoms with Crippen molar-refractivity contribution in [1.82, 2.24) is 9.80 Å². The number of amides is 1. The summed E-state index contributed by atoms with van der Waals surface area (Å²) >= 11 is 0. The van der Waals surface area contributed by atoms with E-state index >= 15 is 0 Å². The predicted octanol–water partition coefficient (Wildman–Crippen LogP) is 7.15. The largest absolute Gasteiger partial charge is 0.464 e. The molecule has 1 aromatic heterocycles. The molecular formula is C32H44N2O2. The van der Waals surface area contributed by atoms with Gasteiger partial charge in [-0.25, -0.2) is 0 Å². The zero-order valence-electron chi connectivity index (χ0n) is 22.9. The van der Waals surface area contributed by atoms with Gasteiger partial charge in [0.1, 0.15) is 11.5 Å². The molecule has 0 aliphatic carbocycles. The van der Waals surface area contributed by atoms with Gasteiger partial charge in [0.25, 0.3) is 0 Å². The minimum absolute atomic E-state index is 0.138. The van der Waals surface area contributed by atoms with Gasteiger partial charge in [0, 0.05) is 13.1 Å². The van der Waals surface area contributed by atoms with Crippen molar-refractivity contribution in [3.8, 4) is 0 Å². The molecule has 0 unspecified atom stereocenters. The van der Waals surface area contributed by atoms with Crippen LogP contribution >= 0.6 is 0 Å². The number of benzene rings is 2. The summed E-state index contributed by atoms with van der Waals surface area (Å²) in [5, 5.41) is 0. The Morgan fingerprint density at radius 2 is 1.56 bits per heavy atom. The zero-order chi connectivity index (χ0) is 26.0. The Morgan fingerprint density at radius 1 is 0.833 bits per heavy atom. The van der Waals surface area contributed by atoms with Crippen LogP contribution in [0.25, 0.3) is 0 Å². The van der Waals surface area contributed by atoms with Gasteiger partial charge in [0.15, 0.2) is 0 Å². The SMILES string of the molecule is CCCCCN(CC(=O)N(CCc1ccccc1)Cc1ccc(C)o1)Cc1ccc(C(C)(C)C)cc1. The van der Waals surface area contributed by atoms with Crippen molar-refractivity contribution >= 4 is 5.91 Å². The highest BCUT2D eigenvalue weighted by molar-refractivity contribution is 5.78. The molecule has 0 aliphatic heterocycles. The Kier molecular flexibility index (Phi) is 10.4. The second-order valence-corrected chi connectivity index (χ2v) is 10.9. The van der Waals surface area contributed by atoms with E-state index < -0.39 is 0 Å². The molecule has 0 spiro atoms. The Balaban J connectivity index is 1.71. The van der Waals surface area contributed by atoms with Crippen molar-refractivity contribution in [3.63, 3.8) is 0 Å². The number of furan rings is 1. The molecular weight excluding hydrogens is 444 g/mol. The summed E-state index contributed by atoms with van der Waals surface area (Å²) in [4.78, 5) is 17.9. The van der Waals surface area contributed by atoms with Crippen LogP contribution in [0, 0.1) is 6.92 Å². The molecule has 194 valence electrons. The molecule has 2 aromatic carbocycles. The number of nitrogens with zero attached hydrogens (tertiary/aromatic N) is 2. The molecule has 0 bridgehead atoms. The lowest BCUT2D eigenvalue weighted by molar-refractivity contribution is -0.133. The van der Waals surface area contributed by atoms with Gasteiger partial charge in [-0.15, -0.1) is 0 Å². The summed E-state index contributed by atoms with van der Waals surface area (Å²) in [7, 11) is 0. The highest BCUT2D eigenvalue weighted by Gasteiger charge is 2.20. The maximum absolute atomic E-state index is 13.6. The van der Waals surface area contributed by atoms with Crippen molar-refractivity contribution in [1.29, 1.82) is 0 Å². The Labute approximate surface area is 218 Å². The molecule has 3 rings (SSSR count). The number of hydrogen-bond donors (Lipinski definition) is 0. The molecule has 0 radical (unpaired) electrons. The van der Waals surface area contributed by atoms with E-state index in [2.05, 4.69) is 81.1 Å². The molecule has 0 saturated heterocycles. The molecule has 1 heterocycles. The van der Waals surface area contributed by atoms with E-state index in [4.69, 9.17) is 4.42 Å². The minimum Gasteiger partial charge on any atom is -0.464 e. The standard InChI is InChI=1S/C32H44N2O2/c1-6-7-11-21-33(23-28-15-17-29(18-16-28)32(3,4)5)25-31(35)34(24-30-19-14-26(2)36-30)22-20-27-12-9-8-10-13-27/h8-10,12-19H,6-7,11,20-25H2,1-5H3. The van der Waals surface area contributed by atoms with Gasteiger partial charge < -0.3 is 9.32 Å². The molecule has 0 N–H and O–H groups in total. The van der Waals surface area contributed by atoms with Crippen molar-refractivity contribution in [2.45, 2.75) is 78.8 Å². The smallest absolute Gasteiger partial charge is 0.237 e. The summed E-state index contributed by atoms with van der Waals surface area (Å²) in [5.74, 6) is 1.87. The maximum atomic E-state index is 13.6. The topological polar surface area (TPSA) is 36.7 Å². The highest BCUT2D eigenvalue weighted by atomic mass is 16.3. The molecule has 0 aliphatic rings. The van der Waals surface area contributed by atoms with Crippen molar-refractivity contribution < 1.29 is 9.21 Å². The van der Waals surface area contributed by atoms with Crippen LogP contribution in [0.15, 0.2) is 71.1 Å². The number of hydrogen-bond acceptors (Lipinski definition) is 3.